The first-order valence-corrected chi connectivity index (χ1v) is 4.81. The number of fused-ring (bicyclic) bond motifs is 1. The lowest BCUT2D eigenvalue weighted by Gasteiger charge is -2.24. The van der Waals surface area contributed by atoms with Crippen LogP contribution < -0.4 is 0 Å². The molecule has 2 aliphatic rings. The summed E-state index contributed by atoms with van der Waals surface area (Å²) >= 11 is 0. The van der Waals surface area contributed by atoms with Crippen LogP contribution in [0.4, 0.5) is 0 Å². The molecule has 9 heavy (non-hydrogen) atoms. The van der Waals surface area contributed by atoms with E-state index in [0.29, 0.717) is 5.78 Å². The van der Waals surface area contributed by atoms with Crippen molar-refractivity contribution < 1.29 is 13.6 Å². The quantitative estimate of drug-likeness (QED) is 0.310. The standard InChI is InChI=1S/C5H11NO2P/c1-6(2,3)4-5-8-9(4,5)7/h4-5H,1-3H3/q+1. The van der Waals surface area contributed by atoms with Crippen LogP contribution in [0.3, 0.4) is 0 Å². The van der Waals surface area contributed by atoms with E-state index >= 15 is 0 Å². The Balaban J connectivity index is 2.15. The van der Waals surface area contributed by atoms with E-state index in [-0.39, 0.29) is 5.85 Å². The van der Waals surface area contributed by atoms with Gasteiger partial charge < -0.3 is 9.01 Å². The van der Waals surface area contributed by atoms with Gasteiger partial charge in [0.25, 0.3) is 7.37 Å². The zero-order chi connectivity index (χ0) is 6.86. The average Bonchev–Trinajstić information content (AvgIpc) is 2.17. The minimum Gasteiger partial charge on any atom is -0.318 e. The fourth-order valence-electron chi connectivity index (χ4n) is 1.32. The maximum atomic E-state index is 11.1. The third-order valence-corrected chi connectivity index (χ3v) is 4.71. The second-order valence-electron chi connectivity index (χ2n) is 3.67. The molecule has 2 fully saturated rings. The van der Waals surface area contributed by atoms with Crippen LogP contribution in [0, 0.1) is 0 Å². The first-order valence-electron chi connectivity index (χ1n) is 3.05. The van der Waals surface area contributed by atoms with Crippen LogP contribution in [0.5, 0.6) is 0 Å². The molecule has 0 aromatic rings. The zero-order valence-corrected chi connectivity index (χ0v) is 6.76. The Hall–Kier alpha value is 0.150. The summed E-state index contributed by atoms with van der Waals surface area (Å²) in [6.45, 7) is 0. The molecule has 0 N–H and O–H groups in total. The molecule has 0 saturated carbocycles. The average molecular weight is 148 g/mol. The summed E-state index contributed by atoms with van der Waals surface area (Å²) in [4.78, 5) is 0. The third-order valence-electron chi connectivity index (χ3n) is 1.91. The molecule has 0 aromatic heterocycles. The normalized spacial score (nSPS) is 54.6. The lowest BCUT2D eigenvalue weighted by Crippen LogP contribution is -2.40. The summed E-state index contributed by atoms with van der Waals surface area (Å²) < 4.78 is 16.8. The first kappa shape index (κ1) is 5.90. The van der Waals surface area contributed by atoms with E-state index in [4.69, 9.17) is 4.52 Å². The first-order chi connectivity index (χ1) is 3.96. The van der Waals surface area contributed by atoms with E-state index < -0.39 is 7.37 Å². The molecule has 2 saturated heterocycles. The van der Waals surface area contributed by atoms with E-state index in [9.17, 15) is 4.57 Å². The summed E-state index contributed by atoms with van der Waals surface area (Å²) in [7, 11) is 4.18. The molecule has 0 radical (unpaired) electrons. The van der Waals surface area contributed by atoms with Crippen LogP contribution >= 0.6 is 7.37 Å². The van der Waals surface area contributed by atoms with Crippen LogP contribution in [0.15, 0.2) is 0 Å². The number of hydrogen-bond donors (Lipinski definition) is 0. The molecule has 2 heterocycles. The fourth-order valence-corrected chi connectivity index (χ4v) is 4.21. The Kier molecular flexibility index (Phi) is 0.745. The highest BCUT2D eigenvalue weighted by Crippen LogP contribution is 2.93. The van der Waals surface area contributed by atoms with Gasteiger partial charge in [-0.3, -0.25) is 4.57 Å². The Bertz CT molecular complexity index is 207. The van der Waals surface area contributed by atoms with Crippen LogP contribution in [0.25, 0.3) is 0 Å². The molecular formula is C5H11NO2P+. The molecule has 0 bridgehead atoms. The summed E-state index contributed by atoms with van der Waals surface area (Å²) in [5, 5.41) is 0. The summed E-state index contributed by atoms with van der Waals surface area (Å²) in [5.41, 5.74) is 0. The zero-order valence-electron chi connectivity index (χ0n) is 5.87. The lowest BCUT2D eigenvalue weighted by molar-refractivity contribution is -0.879. The van der Waals surface area contributed by atoms with Gasteiger partial charge in [0.2, 0.25) is 11.6 Å². The predicted octanol–water partition coefficient (Wildman–Crippen LogP) is 0.667. The number of quaternary nitrogens is 1. The van der Waals surface area contributed by atoms with Gasteiger partial charge in [-0.25, -0.2) is 0 Å². The Labute approximate surface area is 54.6 Å². The molecular weight excluding hydrogens is 137 g/mol. The van der Waals surface area contributed by atoms with Crippen molar-refractivity contribution >= 4 is 7.37 Å². The van der Waals surface area contributed by atoms with Gasteiger partial charge in [-0.2, -0.15) is 0 Å². The molecule has 2 rings (SSSR count). The molecule has 3 unspecified atom stereocenters. The Morgan fingerprint density at radius 2 is 1.89 bits per heavy atom. The largest absolute Gasteiger partial charge is 0.318 e. The SMILES string of the molecule is C[N+](C)(C)C1C2OP21=O. The topological polar surface area (TPSA) is 29.6 Å². The number of nitrogens with zero attached hydrogens (tertiary/aromatic N) is 1. The van der Waals surface area contributed by atoms with Gasteiger partial charge in [0.05, 0.1) is 21.1 Å². The molecule has 3 nitrogen and oxygen atoms in total. The second kappa shape index (κ2) is 1.14. The van der Waals surface area contributed by atoms with Crippen molar-refractivity contribution in [3.05, 3.63) is 0 Å². The van der Waals surface area contributed by atoms with Crippen molar-refractivity contribution in [2.75, 3.05) is 21.1 Å². The van der Waals surface area contributed by atoms with Crippen LogP contribution in [-0.4, -0.2) is 37.3 Å². The third kappa shape index (κ3) is 0.575. The second-order valence-corrected chi connectivity index (χ2v) is 6.21. The van der Waals surface area contributed by atoms with Crippen molar-refractivity contribution in [3.8, 4) is 0 Å². The van der Waals surface area contributed by atoms with Gasteiger partial charge in [-0.05, 0) is 0 Å². The molecule has 0 amide bonds. The van der Waals surface area contributed by atoms with Crippen molar-refractivity contribution in [3.63, 3.8) is 0 Å². The van der Waals surface area contributed by atoms with E-state index in [2.05, 4.69) is 21.1 Å². The van der Waals surface area contributed by atoms with Crippen LogP contribution in [-0.2, 0) is 9.09 Å². The highest BCUT2D eigenvalue weighted by molar-refractivity contribution is 7.74. The molecule has 0 aromatic carbocycles. The van der Waals surface area contributed by atoms with Crippen molar-refractivity contribution in [1.29, 1.82) is 0 Å². The molecule has 0 spiro atoms. The van der Waals surface area contributed by atoms with Crippen LogP contribution in [0.2, 0.25) is 0 Å². The van der Waals surface area contributed by atoms with E-state index in [0.717, 1.165) is 4.48 Å². The van der Waals surface area contributed by atoms with Crippen LogP contribution in [0.1, 0.15) is 0 Å². The molecule has 52 valence electrons. The van der Waals surface area contributed by atoms with Gasteiger partial charge >= 0.3 is 0 Å². The molecule has 3 atom stereocenters. The van der Waals surface area contributed by atoms with E-state index in [1.54, 1.807) is 0 Å². The van der Waals surface area contributed by atoms with E-state index in [1.165, 1.54) is 0 Å². The molecule has 2 aliphatic heterocycles. The van der Waals surface area contributed by atoms with Crippen molar-refractivity contribution in [2.24, 2.45) is 0 Å². The van der Waals surface area contributed by atoms with Crippen molar-refractivity contribution in [2.45, 2.75) is 11.6 Å². The van der Waals surface area contributed by atoms with E-state index in [1.807, 2.05) is 0 Å². The van der Waals surface area contributed by atoms with Gasteiger partial charge in [-0.1, -0.05) is 0 Å². The number of likely N-dealkylation sites (N-methyl/N-ethyl adjacent to an activating group) is 1. The highest BCUT2D eigenvalue weighted by Gasteiger charge is 2.88. The Morgan fingerprint density at radius 3 is 1.89 bits per heavy atom. The van der Waals surface area contributed by atoms with Gasteiger partial charge in [-0.15, -0.1) is 0 Å². The highest BCUT2D eigenvalue weighted by atomic mass is 31.2. The summed E-state index contributed by atoms with van der Waals surface area (Å²) in [5.74, 6) is 0.481. The fraction of sp³-hybridized carbons (Fsp3) is 1.00. The minimum absolute atomic E-state index is 0.150. The minimum atomic E-state index is -1.98. The number of hydrogen-bond acceptors (Lipinski definition) is 2. The van der Waals surface area contributed by atoms with Crippen molar-refractivity contribution in [1.82, 2.24) is 0 Å². The predicted molar refractivity (Wildman–Crippen MR) is 34.3 cm³/mol. The van der Waals surface area contributed by atoms with Gasteiger partial charge in [0.1, 0.15) is 0 Å². The summed E-state index contributed by atoms with van der Waals surface area (Å²) in [6.07, 6.45) is 0. The lowest BCUT2D eigenvalue weighted by atomic mass is 10.5. The summed E-state index contributed by atoms with van der Waals surface area (Å²) in [6, 6.07) is 0. The molecule has 4 heteroatoms. The maximum Gasteiger partial charge on any atom is 0.298 e. The molecule has 0 aliphatic carbocycles. The Morgan fingerprint density at radius 1 is 1.44 bits per heavy atom. The van der Waals surface area contributed by atoms with Gasteiger partial charge in [0.15, 0.2) is 0 Å². The number of rotatable bonds is 1. The maximum absolute atomic E-state index is 11.1. The monoisotopic (exact) mass is 148 g/mol. The van der Waals surface area contributed by atoms with Gasteiger partial charge in [0, 0.05) is 0 Å². The smallest absolute Gasteiger partial charge is 0.298 e.